The summed E-state index contributed by atoms with van der Waals surface area (Å²) in [5, 5.41) is 10.0. The average molecular weight is 449 g/mol. The van der Waals surface area contributed by atoms with Crippen LogP contribution in [-0.2, 0) is 5.79 Å². The zero-order valence-electron chi connectivity index (χ0n) is 18.8. The highest BCUT2D eigenvalue weighted by Crippen LogP contribution is 2.25. The van der Waals surface area contributed by atoms with E-state index in [4.69, 9.17) is 15.1 Å². The number of anilines is 2. The zero-order valence-corrected chi connectivity index (χ0v) is 18.8. The van der Waals surface area contributed by atoms with Gasteiger partial charge in [0.05, 0.1) is 5.52 Å². The number of H-pyrrole nitrogens is 1. The van der Waals surface area contributed by atoms with E-state index in [0.29, 0.717) is 29.0 Å². The van der Waals surface area contributed by atoms with Crippen molar-refractivity contribution in [3.63, 3.8) is 0 Å². The van der Waals surface area contributed by atoms with Gasteiger partial charge in [-0.2, -0.15) is 0 Å². The van der Waals surface area contributed by atoms with E-state index in [1.165, 1.54) is 0 Å². The van der Waals surface area contributed by atoms with Crippen LogP contribution in [0.1, 0.15) is 26.3 Å². The third-order valence-corrected chi connectivity index (χ3v) is 5.92. The molecule has 0 saturated carbocycles. The Hall–Kier alpha value is -3.63. The lowest BCUT2D eigenvalue weighted by molar-refractivity contribution is 0.401. The summed E-state index contributed by atoms with van der Waals surface area (Å²) < 4.78 is 5.07. The molecule has 0 radical (unpaired) electrons. The molecule has 172 valence electrons. The van der Waals surface area contributed by atoms with E-state index in [-0.39, 0.29) is 0 Å². The second-order valence-corrected chi connectivity index (χ2v) is 8.83. The van der Waals surface area contributed by atoms with Gasteiger partial charge in [0, 0.05) is 54.4 Å². The van der Waals surface area contributed by atoms with Gasteiger partial charge in [0.15, 0.2) is 5.58 Å². The van der Waals surface area contributed by atoms with Gasteiger partial charge in [-0.1, -0.05) is 0 Å². The standard InChI is InChI=1S/C23H28N8O2/c1-13-9-26-23(24,16-4-7-20(25-10-16)31-11-14(2)27-15(3)12-31)30-21(13)28-17-5-6-19-18(8-17)29-22(32)33-19/h4-10,14-15,26-27H,11-12,24H2,1-3H3,(H,28,30)(H,29,32)/t14-,15+,23?. The zero-order chi connectivity index (χ0) is 23.2. The third-order valence-electron chi connectivity index (χ3n) is 5.92. The maximum absolute atomic E-state index is 11.4. The third kappa shape index (κ3) is 4.22. The summed E-state index contributed by atoms with van der Waals surface area (Å²) in [5.74, 6) is -0.102. The molecule has 33 heavy (non-hydrogen) atoms. The first-order chi connectivity index (χ1) is 15.8. The van der Waals surface area contributed by atoms with Crippen LogP contribution in [0.5, 0.6) is 0 Å². The van der Waals surface area contributed by atoms with E-state index >= 15 is 0 Å². The van der Waals surface area contributed by atoms with Crippen molar-refractivity contribution in [2.75, 3.05) is 23.3 Å². The number of rotatable bonds is 3. The Balaban J connectivity index is 1.38. The number of nitrogens with one attached hydrogen (secondary N) is 4. The summed E-state index contributed by atoms with van der Waals surface area (Å²) in [5.41, 5.74) is 10.1. The second kappa shape index (κ2) is 8.05. The van der Waals surface area contributed by atoms with Crippen molar-refractivity contribution < 1.29 is 4.42 Å². The van der Waals surface area contributed by atoms with Crippen LogP contribution in [-0.4, -0.2) is 41.0 Å². The van der Waals surface area contributed by atoms with Gasteiger partial charge in [-0.15, -0.1) is 0 Å². The minimum atomic E-state index is -1.16. The van der Waals surface area contributed by atoms with Crippen molar-refractivity contribution in [2.24, 2.45) is 10.7 Å². The number of nitrogens with two attached hydrogens (primary N) is 1. The number of benzene rings is 1. The van der Waals surface area contributed by atoms with Crippen molar-refractivity contribution in [1.29, 1.82) is 0 Å². The Bertz CT molecular complexity index is 1280. The summed E-state index contributed by atoms with van der Waals surface area (Å²) in [7, 11) is 0. The number of hydrogen-bond donors (Lipinski definition) is 5. The number of nitrogens with zero attached hydrogens (tertiary/aromatic N) is 3. The number of aromatic amines is 1. The maximum Gasteiger partial charge on any atom is 0.417 e. The van der Waals surface area contributed by atoms with Crippen molar-refractivity contribution in [2.45, 2.75) is 38.6 Å². The van der Waals surface area contributed by atoms with E-state index in [0.717, 1.165) is 35.7 Å². The molecular weight excluding hydrogens is 420 g/mol. The Morgan fingerprint density at radius 2 is 2.00 bits per heavy atom. The number of amidine groups is 1. The molecule has 0 aliphatic carbocycles. The number of pyridine rings is 1. The molecular formula is C23H28N8O2. The van der Waals surface area contributed by atoms with Crippen LogP contribution in [0.15, 0.2) is 62.5 Å². The molecule has 2 aliphatic heterocycles. The van der Waals surface area contributed by atoms with Crippen LogP contribution in [0.25, 0.3) is 11.1 Å². The highest BCUT2D eigenvalue weighted by Gasteiger charge is 2.30. The quantitative estimate of drug-likeness (QED) is 0.409. The second-order valence-electron chi connectivity index (χ2n) is 8.83. The van der Waals surface area contributed by atoms with Gasteiger partial charge >= 0.3 is 5.76 Å². The summed E-state index contributed by atoms with van der Waals surface area (Å²) in [6.45, 7) is 8.10. The minimum Gasteiger partial charge on any atom is -0.408 e. The summed E-state index contributed by atoms with van der Waals surface area (Å²) in [6, 6.07) is 10.1. The fourth-order valence-electron chi connectivity index (χ4n) is 4.34. The first-order valence-corrected chi connectivity index (χ1v) is 11.0. The summed E-state index contributed by atoms with van der Waals surface area (Å²) in [4.78, 5) is 25.8. The normalized spacial score (nSPS) is 25.4. The summed E-state index contributed by atoms with van der Waals surface area (Å²) >= 11 is 0. The van der Waals surface area contributed by atoms with Gasteiger partial charge in [-0.3, -0.25) is 10.7 Å². The van der Waals surface area contributed by atoms with E-state index < -0.39 is 11.5 Å². The maximum atomic E-state index is 11.4. The molecule has 1 fully saturated rings. The first kappa shape index (κ1) is 21.2. The van der Waals surface area contributed by atoms with Crippen molar-refractivity contribution in [1.82, 2.24) is 20.6 Å². The SMILES string of the molecule is CC1=CNC(N)(c2ccc(N3C[C@@H](C)N[C@@H](C)C3)nc2)N=C1Nc1ccc2oc(=O)[nH]c2c1. The van der Waals surface area contributed by atoms with Gasteiger partial charge < -0.3 is 25.3 Å². The fourth-order valence-corrected chi connectivity index (χ4v) is 4.34. The van der Waals surface area contributed by atoms with Crippen molar-refractivity contribution in [3.05, 3.63) is 64.4 Å². The van der Waals surface area contributed by atoms with Crippen LogP contribution >= 0.6 is 0 Å². The fraction of sp³-hybridized carbons (Fsp3) is 0.348. The van der Waals surface area contributed by atoms with E-state index in [9.17, 15) is 4.79 Å². The van der Waals surface area contributed by atoms with Crippen LogP contribution in [0.3, 0.4) is 0 Å². The van der Waals surface area contributed by atoms with Gasteiger partial charge in [0.25, 0.3) is 0 Å². The predicted octanol–water partition coefficient (Wildman–Crippen LogP) is 1.79. The molecule has 10 heteroatoms. The van der Waals surface area contributed by atoms with Gasteiger partial charge in [-0.05, 0) is 51.1 Å². The largest absolute Gasteiger partial charge is 0.417 e. The lowest BCUT2D eigenvalue weighted by Crippen LogP contribution is -2.54. The molecule has 10 nitrogen and oxygen atoms in total. The molecule has 1 unspecified atom stereocenters. The average Bonchev–Trinajstić information content (AvgIpc) is 3.15. The molecule has 5 rings (SSSR count). The molecule has 1 saturated heterocycles. The number of hydrogen-bond acceptors (Lipinski definition) is 9. The lowest BCUT2D eigenvalue weighted by atomic mass is 10.1. The lowest BCUT2D eigenvalue weighted by Gasteiger charge is -2.37. The van der Waals surface area contributed by atoms with Crippen LogP contribution in [0, 0.1) is 0 Å². The van der Waals surface area contributed by atoms with Crippen LogP contribution < -0.4 is 32.3 Å². The number of fused-ring (bicyclic) bond motifs is 1. The Morgan fingerprint density at radius 3 is 2.73 bits per heavy atom. The van der Waals surface area contributed by atoms with Crippen molar-refractivity contribution >= 4 is 28.4 Å². The Morgan fingerprint density at radius 1 is 1.21 bits per heavy atom. The van der Waals surface area contributed by atoms with Crippen LogP contribution in [0.2, 0.25) is 0 Å². The molecule has 4 heterocycles. The molecule has 3 aromatic rings. The molecule has 3 atom stereocenters. The number of piperazine rings is 1. The monoisotopic (exact) mass is 448 g/mol. The predicted molar refractivity (Wildman–Crippen MR) is 129 cm³/mol. The number of aliphatic imine (C=N–C) groups is 1. The minimum absolute atomic E-state index is 0.404. The Labute approximate surface area is 191 Å². The Kier molecular flexibility index (Phi) is 5.18. The number of oxazole rings is 1. The molecule has 1 aromatic carbocycles. The highest BCUT2D eigenvalue weighted by molar-refractivity contribution is 6.08. The molecule has 0 amide bonds. The topological polar surface area (TPSA) is 137 Å². The number of aromatic nitrogens is 2. The van der Waals surface area contributed by atoms with Crippen molar-refractivity contribution in [3.8, 4) is 0 Å². The molecule has 2 aliphatic rings. The highest BCUT2D eigenvalue weighted by atomic mass is 16.4. The molecule has 0 bridgehead atoms. The first-order valence-electron chi connectivity index (χ1n) is 11.0. The molecule has 2 aromatic heterocycles. The van der Waals surface area contributed by atoms with E-state index in [1.807, 2.05) is 31.3 Å². The van der Waals surface area contributed by atoms with Gasteiger partial charge in [0.2, 0.25) is 5.79 Å². The van der Waals surface area contributed by atoms with Crippen LogP contribution in [0.4, 0.5) is 11.5 Å². The van der Waals surface area contributed by atoms with E-state index in [2.05, 4.69) is 44.7 Å². The van der Waals surface area contributed by atoms with Gasteiger partial charge in [-0.25, -0.2) is 14.8 Å². The van der Waals surface area contributed by atoms with Gasteiger partial charge in [0.1, 0.15) is 11.7 Å². The molecule has 0 spiro atoms. The molecule has 6 N–H and O–H groups in total. The summed E-state index contributed by atoms with van der Waals surface area (Å²) in [6.07, 6.45) is 3.61. The van der Waals surface area contributed by atoms with E-state index in [1.54, 1.807) is 18.3 Å². The smallest absolute Gasteiger partial charge is 0.408 e.